The molecular formula is C18H17NO4S2. The van der Waals surface area contributed by atoms with Crippen LogP contribution in [0.5, 0.6) is 0 Å². The normalized spacial score (nSPS) is 13.7. The summed E-state index contributed by atoms with van der Waals surface area (Å²) in [6.45, 7) is 0.359. The van der Waals surface area contributed by atoms with Crippen LogP contribution in [0, 0.1) is 0 Å². The Morgan fingerprint density at radius 2 is 2.16 bits per heavy atom. The molecule has 0 spiro atoms. The van der Waals surface area contributed by atoms with Gasteiger partial charge in [-0.15, -0.1) is 23.5 Å². The molecule has 0 atom stereocenters. The van der Waals surface area contributed by atoms with Crippen LogP contribution >= 0.6 is 23.5 Å². The number of esters is 1. The fourth-order valence-corrected chi connectivity index (χ4v) is 3.94. The molecule has 25 heavy (non-hydrogen) atoms. The highest BCUT2D eigenvalue weighted by molar-refractivity contribution is 8.01. The van der Waals surface area contributed by atoms with E-state index in [4.69, 9.17) is 9.15 Å². The summed E-state index contributed by atoms with van der Waals surface area (Å²) in [6.07, 6.45) is 2.93. The highest BCUT2D eigenvalue weighted by Crippen LogP contribution is 2.34. The van der Waals surface area contributed by atoms with Crippen molar-refractivity contribution in [2.75, 3.05) is 23.8 Å². The number of nitrogens with zero attached hydrogens (tertiary/aromatic N) is 1. The zero-order valence-corrected chi connectivity index (χ0v) is 15.1. The minimum atomic E-state index is -0.528. The van der Waals surface area contributed by atoms with Crippen molar-refractivity contribution in [3.8, 4) is 0 Å². The average Bonchev–Trinajstić information content (AvgIpc) is 3.16. The molecule has 3 rings (SSSR count). The minimum Gasteiger partial charge on any atom is -0.468 e. The molecule has 1 aliphatic rings. The lowest BCUT2D eigenvalue weighted by atomic mass is 10.2. The second kappa shape index (κ2) is 8.82. The van der Waals surface area contributed by atoms with E-state index in [1.807, 2.05) is 36.4 Å². The van der Waals surface area contributed by atoms with Crippen molar-refractivity contribution < 1.29 is 18.7 Å². The number of amides is 1. The van der Waals surface area contributed by atoms with Gasteiger partial charge in [-0.2, -0.15) is 0 Å². The van der Waals surface area contributed by atoms with Crippen molar-refractivity contribution in [2.45, 2.75) is 10.6 Å². The Labute approximate surface area is 154 Å². The van der Waals surface area contributed by atoms with Gasteiger partial charge in [-0.25, -0.2) is 4.79 Å². The lowest BCUT2D eigenvalue weighted by molar-refractivity contribution is -0.142. The Kier molecular flexibility index (Phi) is 6.25. The molecular weight excluding hydrogens is 358 g/mol. The standard InChI is InChI=1S/C18H17NO4S2/c20-17(19-8-11-25-16-6-2-1-5-15(16)19)12-23-18(21)7-10-24-13-14-4-3-9-22-14/h1-7,9-10H,8,11-13H2/b10-7+. The van der Waals surface area contributed by atoms with Gasteiger partial charge in [0.05, 0.1) is 17.7 Å². The molecule has 1 aliphatic heterocycles. The fraction of sp³-hybridized carbons (Fsp3) is 0.222. The number of fused-ring (bicyclic) bond motifs is 1. The summed E-state index contributed by atoms with van der Waals surface area (Å²) in [7, 11) is 0. The summed E-state index contributed by atoms with van der Waals surface area (Å²) in [6, 6.07) is 11.4. The van der Waals surface area contributed by atoms with E-state index in [1.165, 1.54) is 17.8 Å². The first-order valence-corrected chi connectivity index (χ1v) is 9.77. The van der Waals surface area contributed by atoms with Crippen molar-refractivity contribution in [2.24, 2.45) is 0 Å². The number of anilines is 1. The number of rotatable bonds is 6. The lowest BCUT2D eigenvalue weighted by Gasteiger charge is -2.28. The van der Waals surface area contributed by atoms with Crippen molar-refractivity contribution in [1.29, 1.82) is 0 Å². The maximum absolute atomic E-state index is 12.3. The van der Waals surface area contributed by atoms with E-state index in [2.05, 4.69) is 0 Å². The van der Waals surface area contributed by atoms with Gasteiger partial charge in [0, 0.05) is 23.3 Å². The molecule has 1 aromatic heterocycles. The molecule has 0 saturated heterocycles. The van der Waals surface area contributed by atoms with E-state index in [-0.39, 0.29) is 12.5 Å². The summed E-state index contributed by atoms with van der Waals surface area (Å²) in [4.78, 5) is 26.8. The summed E-state index contributed by atoms with van der Waals surface area (Å²) in [5, 5.41) is 1.64. The van der Waals surface area contributed by atoms with Crippen molar-refractivity contribution in [3.05, 3.63) is 59.9 Å². The molecule has 0 N–H and O–H groups in total. The van der Waals surface area contributed by atoms with E-state index in [9.17, 15) is 9.59 Å². The topological polar surface area (TPSA) is 59.8 Å². The zero-order chi connectivity index (χ0) is 17.5. The quantitative estimate of drug-likeness (QED) is 0.567. The van der Waals surface area contributed by atoms with Gasteiger partial charge < -0.3 is 14.1 Å². The van der Waals surface area contributed by atoms with E-state index < -0.39 is 5.97 Å². The Hall–Kier alpha value is -2.12. The Bertz CT molecular complexity index is 758. The van der Waals surface area contributed by atoms with Gasteiger partial charge in [0.1, 0.15) is 5.76 Å². The van der Waals surface area contributed by atoms with Crippen LogP contribution in [0.25, 0.3) is 0 Å². The van der Waals surface area contributed by atoms with Crippen LogP contribution in [0.1, 0.15) is 5.76 Å². The SMILES string of the molecule is O=C(/C=C/SCc1ccco1)OCC(=O)N1CCSc2ccccc21. The van der Waals surface area contributed by atoms with Gasteiger partial charge in [-0.3, -0.25) is 4.79 Å². The maximum atomic E-state index is 12.3. The smallest absolute Gasteiger partial charge is 0.331 e. The Morgan fingerprint density at radius 3 is 3.00 bits per heavy atom. The van der Waals surface area contributed by atoms with Gasteiger partial charge in [-0.1, -0.05) is 12.1 Å². The van der Waals surface area contributed by atoms with E-state index in [1.54, 1.807) is 28.3 Å². The summed E-state index contributed by atoms with van der Waals surface area (Å²) < 4.78 is 10.2. The highest BCUT2D eigenvalue weighted by atomic mass is 32.2. The van der Waals surface area contributed by atoms with Crippen LogP contribution in [-0.2, 0) is 20.1 Å². The Morgan fingerprint density at radius 1 is 1.28 bits per heavy atom. The second-order valence-corrected chi connectivity index (χ2v) is 7.19. The molecule has 0 fully saturated rings. The Balaban J connectivity index is 1.45. The van der Waals surface area contributed by atoms with Gasteiger partial charge in [0.25, 0.3) is 5.91 Å². The van der Waals surface area contributed by atoms with E-state index >= 15 is 0 Å². The van der Waals surface area contributed by atoms with Crippen LogP contribution in [0.4, 0.5) is 5.69 Å². The molecule has 5 nitrogen and oxygen atoms in total. The van der Waals surface area contributed by atoms with Gasteiger partial charge >= 0.3 is 5.97 Å². The van der Waals surface area contributed by atoms with Crippen LogP contribution in [0.3, 0.4) is 0 Å². The van der Waals surface area contributed by atoms with Crippen LogP contribution in [0.2, 0.25) is 0 Å². The third-order valence-corrected chi connectivity index (χ3v) is 5.30. The number of hydrogen-bond acceptors (Lipinski definition) is 6. The molecule has 1 amide bonds. The molecule has 0 bridgehead atoms. The molecule has 130 valence electrons. The molecule has 2 aromatic rings. The number of para-hydroxylation sites is 1. The first-order valence-electron chi connectivity index (χ1n) is 7.73. The number of ether oxygens (including phenoxy) is 1. The molecule has 0 saturated carbocycles. The van der Waals surface area contributed by atoms with Crippen molar-refractivity contribution >= 4 is 41.1 Å². The number of furan rings is 1. The molecule has 7 heteroatoms. The largest absolute Gasteiger partial charge is 0.468 e. The maximum Gasteiger partial charge on any atom is 0.331 e. The third kappa shape index (κ3) is 4.93. The van der Waals surface area contributed by atoms with Crippen LogP contribution < -0.4 is 4.90 Å². The number of benzene rings is 1. The fourth-order valence-electron chi connectivity index (χ4n) is 2.32. The van der Waals surface area contributed by atoms with Crippen molar-refractivity contribution in [3.63, 3.8) is 0 Å². The minimum absolute atomic E-state index is 0.210. The summed E-state index contributed by atoms with van der Waals surface area (Å²) in [5.41, 5.74) is 0.879. The monoisotopic (exact) mass is 375 g/mol. The van der Waals surface area contributed by atoms with Crippen LogP contribution in [-0.4, -0.2) is 30.8 Å². The zero-order valence-electron chi connectivity index (χ0n) is 13.4. The van der Waals surface area contributed by atoms with Crippen molar-refractivity contribution in [1.82, 2.24) is 0 Å². The number of hydrogen-bond donors (Lipinski definition) is 0. The van der Waals surface area contributed by atoms with Gasteiger partial charge in [0.15, 0.2) is 6.61 Å². The summed E-state index contributed by atoms with van der Waals surface area (Å²) >= 11 is 3.14. The molecule has 0 unspecified atom stereocenters. The predicted octanol–water partition coefficient (Wildman–Crippen LogP) is 3.71. The predicted molar refractivity (Wildman–Crippen MR) is 99.6 cm³/mol. The first kappa shape index (κ1) is 17.7. The molecule has 1 aromatic carbocycles. The highest BCUT2D eigenvalue weighted by Gasteiger charge is 2.23. The molecule has 0 radical (unpaired) electrons. The van der Waals surface area contributed by atoms with E-state index in [0.29, 0.717) is 12.3 Å². The lowest BCUT2D eigenvalue weighted by Crippen LogP contribution is -2.38. The third-order valence-electron chi connectivity index (χ3n) is 3.47. The van der Waals surface area contributed by atoms with E-state index in [0.717, 1.165) is 22.1 Å². The second-order valence-electron chi connectivity index (χ2n) is 5.16. The van der Waals surface area contributed by atoms with Gasteiger partial charge in [0.2, 0.25) is 0 Å². The first-order chi connectivity index (χ1) is 12.2. The van der Waals surface area contributed by atoms with Gasteiger partial charge in [-0.05, 0) is 29.7 Å². The molecule has 0 aliphatic carbocycles. The average molecular weight is 375 g/mol. The summed E-state index contributed by atoms with van der Waals surface area (Å²) in [5.74, 6) is 1.57. The molecule has 2 heterocycles. The number of carbonyl (C=O) groups is 2. The number of carbonyl (C=O) groups excluding carboxylic acids is 2. The van der Waals surface area contributed by atoms with Crippen LogP contribution in [0.15, 0.2) is 63.5 Å². The number of thioether (sulfide) groups is 2.